The van der Waals surface area contributed by atoms with Crippen LogP contribution in [0.1, 0.15) is 0 Å². The van der Waals surface area contributed by atoms with Gasteiger partial charge in [0.15, 0.2) is 0 Å². The molecule has 0 bridgehead atoms. The molecule has 74 valence electrons. The third-order valence-corrected chi connectivity index (χ3v) is 1.38. The molecule has 1 rings (SSSR count). The van der Waals surface area contributed by atoms with Crippen molar-refractivity contribution in [3.05, 3.63) is 34.4 Å². The van der Waals surface area contributed by atoms with Gasteiger partial charge >= 0.3 is 0 Å². The highest BCUT2D eigenvalue weighted by molar-refractivity contribution is 5.45. The summed E-state index contributed by atoms with van der Waals surface area (Å²) in [5.74, 6) is 0. The molecule has 6 nitrogen and oxygen atoms in total. The predicted octanol–water partition coefficient (Wildman–Crippen LogP) is 2.16. The molecule has 0 aliphatic carbocycles. The van der Waals surface area contributed by atoms with Gasteiger partial charge in [-0.25, -0.2) is 0 Å². The second-order valence-corrected chi connectivity index (χ2v) is 2.81. The van der Waals surface area contributed by atoms with Crippen molar-refractivity contribution in [2.75, 3.05) is 14.1 Å². The van der Waals surface area contributed by atoms with Gasteiger partial charge < -0.3 is 0 Å². The summed E-state index contributed by atoms with van der Waals surface area (Å²) in [6, 6.07) is 6.00. The third-order valence-electron chi connectivity index (χ3n) is 1.38. The van der Waals surface area contributed by atoms with Crippen LogP contribution in [0.5, 0.6) is 0 Å². The molecule has 1 aromatic rings. The standard InChI is InChI=1S/C8H10N4O2/c1-11(2)10-9-7-4-3-5-8(6-7)12(13)14/h3-6H,1-2H3. The Balaban J connectivity index is 2.89. The summed E-state index contributed by atoms with van der Waals surface area (Å²) in [5.41, 5.74) is 0.480. The minimum Gasteiger partial charge on any atom is -0.285 e. The first kappa shape index (κ1) is 10.1. The first-order valence-electron chi connectivity index (χ1n) is 3.93. The molecular formula is C8H10N4O2. The van der Waals surface area contributed by atoms with Gasteiger partial charge in [0.2, 0.25) is 0 Å². The molecule has 0 heterocycles. The van der Waals surface area contributed by atoms with Crippen molar-refractivity contribution in [2.45, 2.75) is 0 Å². The van der Waals surface area contributed by atoms with Crippen LogP contribution in [0.3, 0.4) is 0 Å². The molecule has 0 atom stereocenters. The topological polar surface area (TPSA) is 71.1 Å². The molecule has 0 saturated heterocycles. The monoisotopic (exact) mass is 194 g/mol. The lowest BCUT2D eigenvalue weighted by Gasteiger charge is -1.99. The van der Waals surface area contributed by atoms with Crippen molar-refractivity contribution in [3.8, 4) is 0 Å². The highest BCUT2D eigenvalue weighted by Crippen LogP contribution is 2.19. The second kappa shape index (κ2) is 4.31. The van der Waals surface area contributed by atoms with Gasteiger partial charge in [-0.2, -0.15) is 0 Å². The van der Waals surface area contributed by atoms with E-state index < -0.39 is 4.92 Å². The van der Waals surface area contributed by atoms with Crippen molar-refractivity contribution in [1.82, 2.24) is 5.01 Å². The summed E-state index contributed by atoms with van der Waals surface area (Å²) in [7, 11) is 3.45. The molecule has 1 aromatic carbocycles. The number of nitro groups is 1. The number of non-ortho nitro benzene ring substituents is 1. The van der Waals surface area contributed by atoms with Gasteiger partial charge in [-0.15, -0.1) is 5.11 Å². The zero-order valence-electron chi connectivity index (χ0n) is 7.91. The number of nitro benzene ring substituents is 1. The number of rotatable bonds is 3. The lowest BCUT2D eigenvalue weighted by atomic mass is 10.3. The first-order chi connectivity index (χ1) is 6.59. The summed E-state index contributed by atoms with van der Waals surface area (Å²) in [4.78, 5) is 9.95. The summed E-state index contributed by atoms with van der Waals surface area (Å²) in [5, 5.41) is 19.5. The fraction of sp³-hybridized carbons (Fsp3) is 0.250. The minimum absolute atomic E-state index is 0.0141. The molecule has 14 heavy (non-hydrogen) atoms. The largest absolute Gasteiger partial charge is 0.285 e. The van der Waals surface area contributed by atoms with E-state index in [-0.39, 0.29) is 5.69 Å². The van der Waals surface area contributed by atoms with Gasteiger partial charge in [0.25, 0.3) is 5.69 Å². The molecule has 0 N–H and O–H groups in total. The maximum absolute atomic E-state index is 10.4. The van der Waals surface area contributed by atoms with Crippen molar-refractivity contribution in [3.63, 3.8) is 0 Å². The summed E-state index contributed by atoms with van der Waals surface area (Å²) in [6.45, 7) is 0. The molecule has 0 radical (unpaired) electrons. The van der Waals surface area contributed by atoms with Crippen molar-refractivity contribution in [1.29, 1.82) is 0 Å². The van der Waals surface area contributed by atoms with Crippen molar-refractivity contribution >= 4 is 11.4 Å². The van der Waals surface area contributed by atoms with Crippen LogP contribution in [-0.2, 0) is 0 Å². The second-order valence-electron chi connectivity index (χ2n) is 2.81. The average molecular weight is 194 g/mol. The summed E-state index contributed by atoms with van der Waals surface area (Å²) >= 11 is 0. The Kier molecular flexibility index (Phi) is 3.11. The molecule has 0 fully saturated rings. The molecular weight excluding hydrogens is 184 g/mol. The van der Waals surface area contributed by atoms with E-state index >= 15 is 0 Å². The molecule has 0 aliphatic heterocycles. The molecule has 0 unspecified atom stereocenters. The zero-order chi connectivity index (χ0) is 10.6. The van der Waals surface area contributed by atoms with E-state index in [9.17, 15) is 10.1 Å². The first-order valence-corrected chi connectivity index (χ1v) is 3.93. The van der Waals surface area contributed by atoms with E-state index in [0.717, 1.165) is 0 Å². The van der Waals surface area contributed by atoms with E-state index in [4.69, 9.17) is 0 Å². The van der Waals surface area contributed by atoms with Gasteiger partial charge in [-0.05, 0) is 6.07 Å². The fourth-order valence-corrected chi connectivity index (χ4v) is 0.810. The maximum Gasteiger partial charge on any atom is 0.271 e. The summed E-state index contributed by atoms with van der Waals surface area (Å²) < 4.78 is 0. The van der Waals surface area contributed by atoms with E-state index in [0.29, 0.717) is 5.69 Å². The summed E-state index contributed by atoms with van der Waals surface area (Å²) in [6.07, 6.45) is 0. The van der Waals surface area contributed by atoms with Crippen LogP contribution >= 0.6 is 0 Å². The van der Waals surface area contributed by atoms with Crippen LogP contribution in [0.2, 0.25) is 0 Å². The number of hydrogen-bond acceptors (Lipinski definition) is 4. The van der Waals surface area contributed by atoms with E-state index in [1.54, 1.807) is 26.2 Å². The van der Waals surface area contributed by atoms with Crippen LogP contribution in [-0.4, -0.2) is 24.0 Å². The van der Waals surface area contributed by atoms with E-state index in [1.165, 1.54) is 17.1 Å². The Morgan fingerprint density at radius 1 is 1.43 bits per heavy atom. The zero-order valence-corrected chi connectivity index (χ0v) is 7.91. The molecule has 0 amide bonds. The average Bonchev–Trinajstić information content (AvgIpc) is 2.15. The number of benzene rings is 1. The Bertz CT molecular complexity index is 362. The van der Waals surface area contributed by atoms with Gasteiger partial charge in [-0.1, -0.05) is 11.3 Å². The van der Waals surface area contributed by atoms with Crippen LogP contribution in [0.25, 0.3) is 0 Å². The predicted molar refractivity (Wildman–Crippen MR) is 51.3 cm³/mol. The van der Waals surface area contributed by atoms with Crippen LogP contribution in [0.15, 0.2) is 34.6 Å². The Morgan fingerprint density at radius 2 is 2.14 bits per heavy atom. The molecule has 0 spiro atoms. The van der Waals surface area contributed by atoms with Crippen molar-refractivity contribution in [2.24, 2.45) is 10.3 Å². The Hall–Kier alpha value is -1.98. The van der Waals surface area contributed by atoms with Gasteiger partial charge in [0, 0.05) is 26.2 Å². The van der Waals surface area contributed by atoms with Gasteiger partial charge in [0.1, 0.15) is 0 Å². The van der Waals surface area contributed by atoms with Crippen LogP contribution in [0.4, 0.5) is 11.4 Å². The van der Waals surface area contributed by atoms with E-state index in [2.05, 4.69) is 10.3 Å². The highest BCUT2D eigenvalue weighted by atomic mass is 16.6. The SMILES string of the molecule is CN(C)N=Nc1cccc([N+](=O)[O-])c1. The quantitative estimate of drug-likeness (QED) is 0.420. The molecule has 6 heteroatoms. The normalized spacial score (nSPS) is 10.4. The highest BCUT2D eigenvalue weighted by Gasteiger charge is 2.04. The lowest BCUT2D eigenvalue weighted by molar-refractivity contribution is -0.384. The lowest BCUT2D eigenvalue weighted by Crippen LogP contribution is -1.98. The van der Waals surface area contributed by atoms with Crippen LogP contribution in [0, 0.1) is 10.1 Å². The molecule has 0 aliphatic rings. The number of hydrogen-bond donors (Lipinski definition) is 0. The smallest absolute Gasteiger partial charge is 0.271 e. The maximum atomic E-state index is 10.4. The third kappa shape index (κ3) is 2.81. The van der Waals surface area contributed by atoms with Gasteiger partial charge in [-0.3, -0.25) is 15.1 Å². The molecule has 0 aromatic heterocycles. The van der Waals surface area contributed by atoms with E-state index in [1.807, 2.05) is 0 Å². The van der Waals surface area contributed by atoms with Crippen LogP contribution < -0.4 is 0 Å². The Morgan fingerprint density at radius 3 is 2.71 bits per heavy atom. The minimum atomic E-state index is -0.464. The van der Waals surface area contributed by atoms with Gasteiger partial charge in [0.05, 0.1) is 10.6 Å². The Labute approximate surface area is 81.0 Å². The molecule has 0 saturated carbocycles. The number of nitrogens with zero attached hydrogens (tertiary/aromatic N) is 4. The fourth-order valence-electron chi connectivity index (χ4n) is 0.810. The van der Waals surface area contributed by atoms with Crippen molar-refractivity contribution < 1.29 is 4.92 Å².